The monoisotopic (exact) mass is 488 g/mol. The van der Waals surface area contributed by atoms with Crippen molar-refractivity contribution in [1.82, 2.24) is 29.1 Å². The Labute approximate surface area is 217 Å². The molecule has 0 aliphatic heterocycles. The van der Waals surface area contributed by atoms with Gasteiger partial charge >= 0.3 is 0 Å². The van der Waals surface area contributed by atoms with Gasteiger partial charge in [0.1, 0.15) is 11.0 Å². The topological polar surface area (TPSA) is 61.4 Å². The molecule has 6 nitrogen and oxygen atoms in total. The molecule has 0 atom stereocenters. The Morgan fingerprint density at radius 1 is 0.447 bits per heavy atom. The number of aromatic nitrogens is 6. The molecule has 3 aromatic carbocycles. The van der Waals surface area contributed by atoms with E-state index in [0.29, 0.717) is 5.82 Å². The number of rotatable bonds is 3. The minimum Gasteiger partial charge on any atom is -0.307 e. The third kappa shape index (κ3) is 2.94. The highest BCUT2D eigenvalue weighted by Gasteiger charge is 2.22. The highest BCUT2D eigenvalue weighted by Crippen LogP contribution is 2.39. The molecule has 0 aliphatic carbocycles. The van der Waals surface area contributed by atoms with Crippen molar-refractivity contribution >= 4 is 43.9 Å². The summed E-state index contributed by atoms with van der Waals surface area (Å²) in [7, 11) is 0. The third-order valence-electron chi connectivity index (χ3n) is 7.10. The molecule has 0 fully saturated rings. The number of fused-ring (bicyclic) bond motifs is 7. The van der Waals surface area contributed by atoms with E-state index >= 15 is 0 Å². The van der Waals surface area contributed by atoms with Gasteiger partial charge < -0.3 is 9.13 Å². The maximum absolute atomic E-state index is 4.97. The maximum Gasteiger partial charge on any atom is 0.159 e. The fourth-order valence-electron chi connectivity index (χ4n) is 5.48. The molecule has 0 unspecified atom stereocenters. The lowest BCUT2D eigenvalue weighted by Gasteiger charge is -2.12. The first kappa shape index (κ1) is 20.8. The van der Waals surface area contributed by atoms with Crippen LogP contribution >= 0.6 is 0 Å². The molecule has 8 aromatic rings. The van der Waals surface area contributed by atoms with E-state index in [1.165, 1.54) is 0 Å². The molecular formula is C32H20N6. The molecule has 0 bridgehead atoms. The number of hydrogen-bond acceptors (Lipinski definition) is 4. The molecule has 38 heavy (non-hydrogen) atoms. The number of para-hydroxylation sites is 2. The van der Waals surface area contributed by atoms with E-state index < -0.39 is 0 Å². The molecule has 5 aromatic heterocycles. The summed E-state index contributed by atoms with van der Waals surface area (Å²) in [6.45, 7) is 0. The van der Waals surface area contributed by atoms with Gasteiger partial charge in [0.25, 0.3) is 0 Å². The van der Waals surface area contributed by atoms with Gasteiger partial charge in [-0.15, -0.1) is 0 Å². The van der Waals surface area contributed by atoms with Crippen molar-refractivity contribution in [2.24, 2.45) is 0 Å². The van der Waals surface area contributed by atoms with Crippen LogP contribution in [0.25, 0.3) is 66.6 Å². The van der Waals surface area contributed by atoms with Crippen molar-refractivity contribution in [1.29, 1.82) is 0 Å². The van der Waals surface area contributed by atoms with Crippen LogP contribution in [0.15, 0.2) is 122 Å². The number of hydrogen-bond donors (Lipinski definition) is 0. The predicted molar refractivity (Wildman–Crippen MR) is 152 cm³/mol. The smallest absolute Gasteiger partial charge is 0.159 e. The Morgan fingerprint density at radius 2 is 1.13 bits per heavy atom. The fraction of sp³-hybridized carbons (Fsp3) is 0. The first-order valence-corrected chi connectivity index (χ1v) is 12.5. The van der Waals surface area contributed by atoms with Crippen molar-refractivity contribution in [3.8, 4) is 22.8 Å². The second kappa shape index (κ2) is 8.08. The van der Waals surface area contributed by atoms with E-state index in [0.717, 1.165) is 60.8 Å². The van der Waals surface area contributed by atoms with Gasteiger partial charge in [-0.3, -0.25) is 9.97 Å². The van der Waals surface area contributed by atoms with Crippen molar-refractivity contribution in [2.45, 2.75) is 0 Å². The summed E-state index contributed by atoms with van der Waals surface area (Å²) < 4.78 is 4.52. The van der Waals surface area contributed by atoms with Crippen molar-refractivity contribution < 1.29 is 0 Å². The zero-order chi connectivity index (χ0) is 25.1. The lowest BCUT2D eigenvalue weighted by Crippen LogP contribution is -2.00. The Kier molecular flexibility index (Phi) is 4.42. The predicted octanol–water partition coefficient (Wildman–Crippen LogP) is 7.13. The van der Waals surface area contributed by atoms with E-state index in [2.05, 4.69) is 63.7 Å². The maximum atomic E-state index is 4.97. The Balaban J connectivity index is 1.52. The van der Waals surface area contributed by atoms with Gasteiger partial charge in [-0.25, -0.2) is 9.97 Å². The van der Waals surface area contributed by atoms with Crippen LogP contribution in [0.1, 0.15) is 0 Å². The molecular weight excluding hydrogens is 468 g/mol. The largest absolute Gasteiger partial charge is 0.307 e. The van der Waals surface area contributed by atoms with E-state index in [9.17, 15) is 0 Å². The Bertz CT molecular complexity index is 2110. The van der Waals surface area contributed by atoms with Gasteiger partial charge in [0, 0.05) is 34.4 Å². The zero-order valence-corrected chi connectivity index (χ0v) is 20.2. The summed E-state index contributed by atoms with van der Waals surface area (Å²) in [5.41, 5.74) is 8.77. The normalized spacial score (nSPS) is 11.7. The first-order valence-electron chi connectivity index (χ1n) is 12.5. The third-order valence-corrected chi connectivity index (χ3v) is 7.10. The van der Waals surface area contributed by atoms with Gasteiger partial charge in [0.2, 0.25) is 0 Å². The van der Waals surface area contributed by atoms with Gasteiger partial charge in [0.05, 0.1) is 40.1 Å². The van der Waals surface area contributed by atoms with E-state index in [-0.39, 0.29) is 0 Å². The quantitative estimate of drug-likeness (QED) is 0.265. The standard InChI is InChI=1S/C32H20N6/c1-3-10-21(11-4-1)32-35-18-23(19-36-32)38-27-16-9-17-33-28(27)29-31(38)30-25(20-34-29)24-14-7-8-15-26(24)37(30)22-12-5-2-6-13-22/h1-20H. The van der Waals surface area contributed by atoms with E-state index in [1.54, 1.807) is 0 Å². The van der Waals surface area contributed by atoms with Crippen LogP contribution < -0.4 is 0 Å². The van der Waals surface area contributed by atoms with Gasteiger partial charge in [-0.05, 0) is 30.3 Å². The second-order valence-electron chi connectivity index (χ2n) is 9.24. The van der Waals surface area contributed by atoms with Crippen LogP contribution in [0.2, 0.25) is 0 Å². The van der Waals surface area contributed by atoms with Crippen LogP contribution in [0, 0.1) is 0 Å². The molecule has 0 saturated heterocycles. The van der Waals surface area contributed by atoms with Gasteiger partial charge in [-0.2, -0.15) is 0 Å². The minimum atomic E-state index is 0.690. The summed E-state index contributed by atoms with van der Waals surface area (Å²) in [5.74, 6) is 0.690. The van der Waals surface area contributed by atoms with Crippen LogP contribution in [0.3, 0.4) is 0 Å². The summed E-state index contributed by atoms with van der Waals surface area (Å²) in [4.78, 5) is 19.2. The lowest BCUT2D eigenvalue weighted by molar-refractivity contribution is 1.08. The average Bonchev–Trinajstić information content (AvgIpc) is 3.51. The summed E-state index contributed by atoms with van der Waals surface area (Å²) >= 11 is 0. The summed E-state index contributed by atoms with van der Waals surface area (Å²) in [5, 5.41) is 2.24. The average molecular weight is 489 g/mol. The summed E-state index contributed by atoms with van der Waals surface area (Å²) in [6.07, 6.45) is 7.57. The fourth-order valence-corrected chi connectivity index (χ4v) is 5.48. The molecule has 0 aliphatic rings. The Hall–Kier alpha value is -5.36. The molecule has 8 rings (SSSR count). The van der Waals surface area contributed by atoms with Crippen molar-refractivity contribution in [3.05, 3.63) is 122 Å². The number of nitrogens with zero attached hydrogens (tertiary/aromatic N) is 6. The molecule has 0 amide bonds. The van der Waals surface area contributed by atoms with Crippen LogP contribution in [-0.4, -0.2) is 29.1 Å². The minimum absolute atomic E-state index is 0.690. The Morgan fingerprint density at radius 3 is 1.95 bits per heavy atom. The van der Waals surface area contributed by atoms with Crippen LogP contribution in [0.4, 0.5) is 0 Å². The molecule has 0 spiro atoms. The van der Waals surface area contributed by atoms with Gasteiger partial charge in [0.15, 0.2) is 5.82 Å². The number of benzene rings is 3. The lowest BCUT2D eigenvalue weighted by atomic mass is 10.2. The molecule has 5 heterocycles. The molecule has 0 radical (unpaired) electrons. The molecule has 6 heteroatoms. The van der Waals surface area contributed by atoms with Crippen molar-refractivity contribution in [3.63, 3.8) is 0 Å². The summed E-state index contributed by atoms with van der Waals surface area (Å²) in [6, 6.07) is 33.0. The zero-order valence-electron chi connectivity index (χ0n) is 20.2. The molecule has 178 valence electrons. The SMILES string of the molecule is c1ccc(-c2ncc(-n3c4cccnc4c4ncc5c6ccccc6n(-c6ccccc6)c5c43)cn2)cc1. The highest BCUT2D eigenvalue weighted by atomic mass is 15.1. The second-order valence-corrected chi connectivity index (χ2v) is 9.24. The van der Waals surface area contributed by atoms with E-state index in [1.807, 2.05) is 67.3 Å². The molecule has 0 N–H and O–H groups in total. The first-order chi connectivity index (χ1) is 18.9. The number of pyridine rings is 2. The van der Waals surface area contributed by atoms with Gasteiger partial charge in [-0.1, -0.05) is 66.7 Å². The van der Waals surface area contributed by atoms with Crippen LogP contribution in [-0.2, 0) is 0 Å². The highest BCUT2D eigenvalue weighted by molar-refractivity contribution is 6.21. The van der Waals surface area contributed by atoms with E-state index in [4.69, 9.17) is 19.9 Å². The van der Waals surface area contributed by atoms with Crippen molar-refractivity contribution in [2.75, 3.05) is 0 Å². The van der Waals surface area contributed by atoms with Crippen LogP contribution in [0.5, 0.6) is 0 Å². The molecule has 0 saturated carbocycles.